The van der Waals surface area contributed by atoms with Gasteiger partial charge in [0.2, 0.25) is 0 Å². The third-order valence-electron chi connectivity index (χ3n) is 2.42. The van der Waals surface area contributed by atoms with E-state index >= 15 is 0 Å². The number of amides is 1. The van der Waals surface area contributed by atoms with E-state index in [2.05, 4.69) is 10.3 Å². The fourth-order valence-corrected chi connectivity index (χ4v) is 1.62. The minimum Gasteiger partial charge on any atom is -0.393 e. The van der Waals surface area contributed by atoms with Crippen molar-refractivity contribution in [2.75, 3.05) is 6.54 Å². The van der Waals surface area contributed by atoms with Crippen LogP contribution < -0.4 is 5.32 Å². The zero-order valence-electron chi connectivity index (χ0n) is 10.0. The van der Waals surface area contributed by atoms with E-state index in [-0.39, 0.29) is 17.9 Å². The predicted octanol–water partition coefficient (Wildman–Crippen LogP) is 1.02. The van der Waals surface area contributed by atoms with Crippen molar-refractivity contribution in [3.63, 3.8) is 0 Å². The summed E-state index contributed by atoms with van der Waals surface area (Å²) in [6.07, 6.45) is 1.80. The van der Waals surface area contributed by atoms with Gasteiger partial charge in [-0.25, -0.2) is 0 Å². The van der Waals surface area contributed by atoms with Crippen molar-refractivity contribution >= 4 is 5.91 Å². The zero-order chi connectivity index (χ0) is 12.8. The highest BCUT2D eigenvalue weighted by Gasteiger charge is 2.11. The van der Waals surface area contributed by atoms with Crippen molar-refractivity contribution in [2.24, 2.45) is 5.92 Å². The molecule has 0 aromatic carbocycles. The molecular weight excluding hydrogens is 218 g/mol. The summed E-state index contributed by atoms with van der Waals surface area (Å²) < 4.78 is 0. The van der Waals surface area contributed by atoms with Crippen LogP contribution in [0.5, 0.6) is 0 Å². The number of hydrogen-bond acceptors (Lipinski definition) is 3. The zero-order valence-corrected chi connectivity index (χ0v) is 10.0. The molecule has 0 aliphatic carbocycles. The number of aliphatic hydroxyl groups excluding tert-OH is 1. The molecule has 0 aliphatic heterocycles. The molecule has 1 amide bonds. The van der Waals surface area contributed by atoms with Crippen LogP contribution in [0.25, 0.3) is 0 Å². The average molecular weight is 235 g/mol. The predicted molar refractivity (Wildman–Crippen MR) is 63.3 cm³/mol. The average Bonchev–Trinajstić information content (AvgIpc) is 2.73. The number of carbonyl (C=O) groups is 1. The Hall–Kier alpha value is -1.80. The van der Waals surface area contributed by atoms with Crippen molar-refractivity contribution in [1.29, 1.82) is 5.26 Å². The van der Waals surface area contributed by atoms with Crippen LogP contribution in [0.2, 0.25) is 0 Å². The van der Waals surface area contributed by atoms with Crippen LogP contribution in [-0.4, -0.2) is 28.6 Å². The Morgan fingerprint density at radius 2 is 2.35 bits per heavy atom. The summed E-state index contributed by atoms with van der Waals surface area (Å²) in [7, 11) is 0. The van der Waals surface area contributed by atoms with Gasteiger partial charge in [-0.05, 0) is 25.3 Å². The minimum atomic E-state index is -0.362. The number of aromatic nitrogens is 1. The van der Waals surface area contributed by atoms with Gasteiger partial charge in [0.05, 0.1) is 11.7 Å². The first-order chi connectivity index (χ1) is 8.02. The molecule has 0 fully saturated rings. The van der Waals surface area contributed by atoms with Crippen molar-refractivity contribution < 1.29 is 9.90 Å². The lowest BCUT2D eigenvalue weighted by Crippen LogP contribution is -2.29. The van der Waals surface area contributed by atoms with Gasteiger partial charge in [0, 0.05) is 12.7 Å². The normalized spacial score (nSPS) is 13.8. The van der Waals surface area contributed by atoms with E-state index in [1.54, 1.807) is 6.92 Å². The van der Waals surface area contributed by atoms with Crippen LogP contribution in [0.3, 0.4) is 0 Å². The third kappa shape index (κ3) is 4.29. The fraction of sp³-hybridized carbons (Fsp3) is 0.500. The second-order valence-electron chi connectivity index (χ2n) is 4.31. The van der Waals surface area contributed by atoms with Gasteiger partial charge in [0.25, 0.3) is 5.91 Å². The maximum Gasteiger partial charge on any atom is 0.252 e. The molecule has 5 heteroatoms. The van der Waals surface area contributed by atoms with E-state index in [1.807, 2.05) is 13.0 Å². The largest absolute Gasteiger partial charge is 0.393 e. The topological polar surface area (TPSA) is 88.9 Å². The number of nitriles is 1. The first kappa shape index (κ1) is 13.3. The smallest absolute Gasteiger partial charge is 0.252 e. The first-order valence-electron chi connectivity index (χ1n) is 5.57. The van der Waals surface area contributed by atoms with Crippen LogP contribution in [0.15, 0.2) is 12.3 Å². The molecule has 2 atom stereocenters. The summed E-state index contributed by atoms with van der Waals surface area (Å²) in [5, 5.41) is 20.6. The fourth-order valence-electron chi connectivity index (χ4n) is 1.62. The first-order valence-corrected chi connectivity index (χ1v) is 5.57. The van der Waals surface area contributed by atoms with E-state index in [4.69, 9.17) is 5.26 Å². The maximum absolute atomic E-state index is 11.7. The van der Waals surface area contributed by atoms with Gasteiger partial charge < -0.3 is 15.4 Å². The number of aliphatic hydroxyl groups is 1. The van der Waals surface area contributed by atoms with Gasteiger partial charge in [-0.15, -0.1) is 0 Å². The summed E-state index contributed by atoms with van der Waals surface area (Å²) in [6, 6.07) is 3.43. The van der Waals surface area contributed by atoms with Gasteiger partial charge in [-0.3, -0.25) is 4.79 Å². The molecule has 0 radical (unpaired) electrons. The lowest BCUT2D eigenvalue weighted by atomic mass is 10.0. The SMILES string of the molecule is CC(O)CC(C)CNC(=O)c1c[nH]c(C#N)c1. The van der Waals surface area contributed by atoms with Gasteiger partial charge in [0.15, 0.2) is 0 Å². The van der Waals surface area contributed by atoms with Crippen molar-refractivity contribution in [3.8, 4) is 6.07 Å². The van der Waals surface area contributed by atoms with Crippen LogP contribution in [-0.2, 0) is 0 Å². The van der Waals surface area contributed by atoms with E-state index in [0.29, 0.717) is 24.2 Å². The van der Waals surface area contributed by atoms with Crippen LogP contribution >= 0.6 is 0 Å². The number of aromatic amines is 1. The lowest BCUT2D eigenvalue weighted by molar-refractivity contribution is 0.0939. The van der Waals surface area contributed by atoms with Gasteiger partial charge >= 0.3 is 0 Å². The summed E-state index contributed by atoms with van der Waals surface area (Å²) in [6.45, 7) is 4.20. The van der Waals surface area contributed by atoms with E-state index in [9.17, 15) is 9.90 Å². The van der Waals surface area contributed by atoms with Crippen molar-refractivity contribution in [2.45, 2.75) is 26.4 Å². The van der Waals surface area contributed by atoms with Crippen molar-refractivity contribution in [1.82, 2.24) is 10.3 Å². The molecular formula is C12H17N3O2. The molecule has 2 unspecified atom stereocenters. The summed E-state index contributed by atoms with van der Waals surface area (Å²) in [4.78, 5) is 14.4. The van der Waals surface area contributed by atoms with E-state index in [0.717, 1.165) is 0 Å². The highest BCUT2D eigenvalue weighted by Crippen LogP contribution is 2.06. The third-order valence-corrected chi connectivity index (χ3v) is 2.42. The summed E-state index contributed by atoms with van der Waals surface area (Å²) in [5.41, 5.74) is 0.818. The molecule has 17 heavy (non-hydrogen) atoms. The second kappa shape index (κ2) is 6.06. The van der Waals surface area contributed by atoms with Crippen molar-refractivity contribution in [3.05, 3.63) is 23.5 Å². The number of rotatable bonds is 5. The van der Waals surface area contributed by atoms with Gasteiger partial charge in [-0.1, -0.05) is 6.92 Å². The van der Waals surface area contributed by atoms with Crippen LogP contribution in [0.4, 0.5) is 0 Å². The molecule has 0 aliphatic rings. The molecule has 0 bridgehead atoms. The quantitative estimate of drug-likeness (QED) is 0.712. The van der Waals surface area contributed by atoms with Gasteiger partial charge in [0.1, 0.15) is 11.8 Å². The Balaban J connectivity index is 2.42. The standard InChI is InChI=1S/C12H17N3O2/c1-8(3-9(2)16)6-15-12(17)10-4-11(5-13)14-7-10/h4,7-9,14,16H,3,6H2,1-2H3,(H,15,17). The molecule has 1 aromatic rings. The number of nitrogens with one attached hydrogen (secondary N) is 2. The Kier molecular flexibility index (Phi) is 4.73. The highest BCUT2D eigenvalue weighted by atomic mass is 16.3. The monoisotopic (exact) mass is 235 g/mol. The molecule has 3 N–H and O–H groups in total. The molecule has 1 heterocycles. The molecule has 1 aromatic heterocycles. The van der Waals surface area contributed by atoms with E-state index < -0.39 is 0 Å². The second-order valence-corrected chi connectivity index (χ2v) is 4.31. The Labute approximate surface area is 100 Å². The lowest BCUT2D eigenvalue weighted by Gasteiger charge is -2.13. The Morgan fingerprint density at radius 3 is 2.88 bits per heavy atom. The molecule has 0 spiro atoms. The number of H-pyrrole nitrogens is 1. The molecule has 0 saturated carbocycles. The molecule has 92 valence electrons. The number of hydrogen-bond donors (Lipinski definition) is 3. The minimum absolute atomic E-state index is 0.208. The summed E-state index contributed by atoms with van der Waals surface area (Å²) in [5.74, 6) is 0.00789. The Bertz CT molecular complexity index is 418. The van der Waals surface area contributed by atoms with Crippen LogP contribution in [0.1, 0.15) is 36.3 Å². The summed E-state index contributed by atoms with van der Waals surface area (Å²) >= 11 is 0. The van der Waals surface area contributed by atoms with Gasteiger partial charge in [-0.2, -0.15) is 5.26 Å². The molecule has 1 rings (SSSR count). The number of nitrogens with zero attached hydrogens (tertiary/aromatic N) is 1. The van der Waals surface area contributed by atoms with Crippen LogP contribution in [0, 0.1) is 17.2 Å². The number of carbonyl (C=O) groups excluding carboxylic acids is 1. The molecule has 0 saturated heterocycles. The van der Waals surface area contributed by atoms with E-state index in [1.165, 1.54) is 12.3 Å². The maximum atomic E-state index is 11.7. The highest BCUT2D eigenvalue weighted by molar-refractivity contribution is 5.94. The molecule has 5 nitrogen and oxygen atoms in total. The Morgan fingerprint density at radius 1 is 1.65 bits per heavy atom.